The predicted octanol–water partition coefficient (Wildman–Crippen LogP) is 3.65. The maximum Gasteiger partial charge on any atom is 0.163 e. The Bertz CT molecular complexity index is 324. The molecule has 2 nitrogen and oxygen atoms in total. The maximum atomic E-state index is 5.70. The van der Waals surface area contributed by atoms with Crippen LogP contribution in [-0.4, -0.2) is 19.1 Å². The van der Waals surface area contributed by atoms with Crippen LogP contribution in [0, 0.1) is 0 Å². The summed E-state index contributed by atoms with van der Waals surface area (Å²) in [6, 6.07) is 5.98. The zero-order valence-corrected chi connectivity index (χ0v) is 10.9. The molecule has 0 bridgehead atoms. The Balaban J connectivity index is 2.91. The van der Waals surface area contributed by atoms with Gasteiger partial charge in [0.2, 0.25) is 0 Å². The Morgan fingerprint density at radius 3 is 2.62 bits per heavy atom. The third-order valence-electron chi connectivity index (χ3n) is 2.21. The van der Waals surface area contributed by atoms with Gasteiger partial charge in [-0.3, -0.25) is 0 Å². The molecular weight excluding hydrogens is 224 g/mol. The molecule has 1 aromatic carbocycles. The molecular formula is C13H19ClO2. The monoisotopic (exact) mass is 242 g/mol. The first-order valence-electron chi connectivity index (χ1n) is 5.57. The Hall–Kier alpha value is -0.890. The summed E-state index contributed by atoms with van der Waals surface area (Å²) in [7, 11) is 1.67. The van der Waals surface area contributed by atoms with E-state index in [1.807, 2.05) is 26.0 Å². The van der Waals surface area contributed by atoms with E-state index >= 15 is 0 Å². The fourth-order valence-electron chi connectivity index (χ4n) is 1.59. The van der Waals surface area contributed by atoms with Gasteiger partial charge in [-0.25, -0.2) is 0 Å². The first-order valence-corrected chi connectivity index (χ1v) is 6.11. The van der Waals surface area contributed by atoms with E-state index in [4.69, 9.17) is 21.1 Å². The van der Waals surface area contributed by atoms with Crippen molar-refractivity contribution in [3.8, 4) is 11.5 Å². The second-order valence-electron chi connectivity index (χ2n) is 3.91. The molecule has 0 aromatic heterocycles. The lowest BCUT2D eigenvalue weighted by Gasteiger charge is -2.16. The van der Waals surface area contributed by atoms with Crippen LogP contribution in [-0.2, 0) is 6.42 Å². The number of methoxy groups -OCH3 is 1. The third-order valence-corrected chi connectivity index (χ3v) is 2.47. The highest BCUT2D eigenvalue weighted by Crippen LogP contribution is 2.32. The van der Waals surface area contributed by atoms with Crippen molar-refractivity contribution >= 4 is 11.6 Å². The van der Waals surface area contributed by atoms with Gasteiger partial charge in [-0.05, 0) is 38.3 Å². The van der Waals surface area contributed by atoms with Crippen LogP contribution < -0.4 is 9.47 Å². The average Bonchev–Trinajstić information content (AvgIpc) is 2.25. The topological polar surface area (TPSA) is 18.5 Å². The van der Waals surface area contributed by atoms with E-state index in [1.54, 1.807) is 7.11 Å². The van der Waals surface area contributed by atoms with Gasteiger partial charge in [0.25, 0.3) is 0 Å². The molecule has 0 saturated carbocycles. The van der Waals surface area contributed by atoms with Crippen molar-refractivity contribution in [2.75, 3.05) is 13.0 Å². The lowest BCUT2D eigenvalue weighted by molar-refractivity contribution is 0.229. The Labute approximate surface area is 103 Å². The minimum absolute atomic E-state index is 0.150. The molecule has 0 aliphatic rings. The molecule has 0 aliphatic carbocycles. The minimum Gasteiger partial charge on any atom is -0.493 e. The fourth-order valence-corrected chi connectivity index (χ4v) is 1.73. The van der Waals surface area contributed by atoms with Crippen LogP contribution in [0.1, 0.15) is 25.8 Å². The van der Waals surface area contributed by atoms with Crippen LogP contribution in [0.5, 0.6) is 11.5 Å². The summed E-state index contributed by atoms with van der Waals surface area (Å²) in [6.45, 7) is 4.01. The highest BCUT2D eigenvalue weighted by Gasteiger charge is 2.10. The summed E-state index contributed by atoms with van der Waals surface area (Å²) in [5.41, 5.74) is 1.15. The predicted molar refractivity (Wildman–Crippen MR) is 67.8 cm³/mol. The first kappa shape index (κ1) is 13.2. The van der Waals surface area contributed by atoms with Crippen LogP contribution in [0.2, 0.25) is 0 Å². The van der Waals surface area contributed by atoms with E-state index in [-0.39, 0.29) is 6.10 Å². The molecule has 0 amide bonds. The molecule has 0 fully saturated rings. The molecule has 0 aliphatic heterocycles. The highest BCUT2D eigenvalue weighted by atomic mass is 35.5. The van der Waals surface area contributed by atoms with E-state index in [1.165, 1.54) is 0 Å². The van der Waals surface area contributed by atoms with Gasteiger partial charge in [0.05, 0.1) is 13.2 Å². The zero-order chi connectivity index (χ0) is 12.0. The lowest BCUT2D eigenvalue weighted by Crippen LogP contribution is -2.07. The Morgan fingerprint density at radius 2 is 2.06 bits per heavy atom. The summed E-state index contributed by atoms with van der Waals surface area (Å²) in [6.07, 6.45) is 2.02. The van der Waals surface area contributed by atoms with Crippen LogP contribution in [0.15, 0.2) is 18.2 Å². The van der Waals surface area contributed by atoms with Gasteiger partial charge in [-0.15, -0.1) is 11.6 Å². The number of aryl methyl sites for hydroxylation is 1. The van der Waals surface area contributed by atoms with Crippen molar-refractivity contribution in [3.63, 3.8) is 0 Å². The van der Waals surface area contributed by atoms with E-state index in [9.17, 15) is 0 Å². The SMILES string of the molecule is COc1c(CCCCl)cccc1OC(C)C. The van der Waals surface area contributed by atoms with Crippen molar-refractivity contribution in [3.05, 3.63) is 23.8 Å². The van der Waals surface area contributed by atoms with Crippen molar-refractivity contribution in [1.82, 2.24) is 0 Å². The zero-order valence-electron chi connectivity index (χ0n) is 10.1. The molecule has 0 heterocycles. The summed E-state index contributed by atoms with van der Waals surface area (Å²) in [5, 5.41) is 0. The second-order valence-corrected chi connectivity index (χ2v) is 4.29. The summed E-state index contributed by atoms with van der Waals surface area (Å²) >= 11 is 5.70. The molecule has 0 radical (unpaired) electrons. The fraction of sp³-hybridized carbons (Fsp3) is 0.538. The summed E-state index contributed by atoms with van der Waals surface area (Å²) < 4.78 is 11.1. The van der Waals surface area contributed by atoms with Gasteiger partial charge < -0.3 is 9.47 Å². The molecule has 90 valence electrons. The smallest absolute Gasteiger partial charge is 0.163 e. The van der Waals surface area contributed by atoms with Crippen LogP contribution in [0.25, 0.3) is 0 Å². The van der Waals surface area contributed by atoms with E-state index in [0.717, 1.165) is 29.9 Å². The molecule has 0 N–H and O–H groups in total. The number of halogens is 1. The van der Waals surface area contributed by atoms with Crippen molar-refractivity contribution in [2.45, 2.75) is 32.8 Å². The Morgan fingerprint density at radius 1 is 1.31 bits per heavy atom. The van der Waals surface area contributed by atoms with Crippen molar-refractivity contribution < 1.29 is 9.47 Å². The number of ether oxygens (including phenoxy) is 2. The van der Waals surface area contributed by atoms with Gasteiger partial charge in [0, 0.05) is 5.88 Å². The number of hydrogen-bond acceptors (Lipinski definition) is 2. The van der Waals surface area contributed by atoms with E-state index in [2.05, 4.69) is 6.07 Å². The molecule has 0 spiro atoms. The lowest BCUT2D eigenvalue weighted by atomic mass is 10.1. The van der Waals surface area contributed by atoms with Gasteiger partial charge in [0.15, 0.2) is 11.5 Å². The molecule has 1 aromatic rings. The maximum absolute atomic E-state index is 5.70. The quantitative estimate of drug-likeness (QED) is 0.709. The van der Waals surface area contributed by atoms with Crippen LogP contribution >= 0.6 is 11.6 Å². The minimum atomic E-state index is 0.150. The number of rotatable bonds is 6. The molecule has 0 atom stereocenters. The molecule has 0 saturated heterocycles. The molecule has 0 unspecified atom stereocenters. The summed E-state index contributed by atoms with van der Waals surface area (Å²) in [4.78, 5) is 0. The molecule has 1 rings (SSSR count). The van der Waals surface area contributed by atoms with Crippen LogP contribution in [0.3, 0.4) is 0 Å². The molecule has 3 heteroatoms. The van der Waals surface area contributed by atoms with Gasteiger partial charge in [0.1, 0.15) is 0 Å². The van der Waals surface area contributed by atoms with Crippen molar-refractivity contribution in [1.29, 1.82) is 0 Å². The molecule has 16 heavy (non-hydrogen) atoms. The van der Waals surface area contributed by atoms with Gasteiger partial charge in [-0.2, -0.15) is 0 Å². The normalized spacial score (nSPS) is 10.6. The van der Waals surface area contributed by atoms with Crippen molar-refractivity contribution in [2.24, 2.45) is 0 Å². The van der Waals surface area contributed by atoms with Gasteiger partial charge >= 0.3 is 0 Å². The van der Waals surface area contributed by atoms with E-state index in [0.29, 0.717) is 5.88 Å². The largest absolute Gasteiger partial charge is 0.493 e. The number of para-hydroxylation sites is 1. The van der Waals surface area contributed by atoms with Gasteiger partial charge in [-0.1, -0.05) is 12.1 Å². The average molecular weight is 243 g/mol. The van der Waals surface area contributed by atoms with E-state index < -0.39 is 0 Å². The highest BCUT2D eigenvalue weighted by molar-refractivity contribution is 6.17. The third kappa shape index (κ3) is 3.60. The number of benzene rings is 1. The number of alkyl halides is 1. The summed E-state index contributed by atoms with van der Waals surface area (Å²) in [5.74, 6) is 2.31. The van der Waals surface area contributed by atoms with Crippen LogP contribution in [0.4, 0.5) is 0 Å². The first-order chi connectivity index (χ1) is 7.69. The number of hydrogen-bond donors (Lipinski definition) is 0. The second kappa shape index (κ2) is 6.64. The standard InChI is InChI=1S/C13H19ClO2/c1-10(2)16-12-8-4-6-11(7-5-9-14)13(12)15-3/h4,6,8,10H,5,7,9H2,1-3H3. The Kier molecular flexibility index (Phi) is 5.47.